The first-order valence-corrected chi connectivity index (χ1v) is 6.16. The monoisotopic (exact) mass is 322 g/mol. The summed E-state index contributed by atoms with van der Waals surface area (Å²) in [6, 6.07) is 4.18. The molecular weight excluding hydrogens is 319 g/mol. The summed E-state index contributed by atoms with van der Waals surface area (Å²) in [5, 5.41) is 3.80. The van der Waals surface area contributed by atoms with Crippen LogP contribution in [0.5, 0.6) is 5.75 Å². The highest BCUT2D eigenvalue weighted by Gasteiger charge is 2.08. The first kappa shape index (κ1) is 11.8. The number of nitrogens with zero attached hydrogens (tertiary/aromatic N) is 2. The van der Waals surface area contributed by atoms with Crippen LogP contribution in [0.1, 0.15) is 5.69 Å². The molecule has 0 saturated heterocycles. The number of aromatic nitrogens is 2. The standard InChI is InChI=1S/C9H5BrClFN2OS/c10-6-3-5(12)1-2-8(6)15-4-7-9(11)16-14-13-7/h1-3H,4H2. The molecule has 0 aliphatic rings. The van der Waals surface area contributed by atoms with Gasteiger partial charge in [0.25, 0.3) is 0 Å². The molecule has 0 saturated carbocycles. The Labute approximate surface area is 108 Å². The molecular formula is C9H5BrClFN2OS. The number of ether oxygens (including phenoxy) is 1. The largest absolute Gasteiger partial charge is 0.486 e. The average molecular weight is 324 g/mol. The Morgan fingerprint density at radius 3 is 2.94 bits per heavy atom. The summed E-state index contributed by atoms with van der Waals surface area (Å²) in [6.45, 7) is 0.208. The minimum atomic E-state index is -0.326. The zero-order valence-electron chi connectivity index (χ0n) is 7.78. The van der Waals surface area contributed by atoms with Crippen LogP contribution in [0.4, 0.5) is 4.39 Å². The third-order valence-corrected chi connectivity index (χ3v) is 3.37. The maximum Gasteiger partial charge on any atom is 0.141 e. The van der Waals surface area contributed by atoms with E-state index in [2.05, 4.69) is 25.5 Å². The molecule has 0 bridgehead atoms. The van der Waals surface area contributed by atoms with Crippen LogP contribution in [0.15, 0.2) is 22.7 Å². The molecule has 84 valence electrons. The molecule has 0 atom stereocenters. The van der Waals surface area contributed by atoms with Crippen molar-refractivity contribution in [1.29, 1.82) is 0 Å². The molecule has 0 radical (unpaired) electrons. The third-order valence-electron chi connectivity index (χ3n) is 1.77. The fourth-order valence-electron chi connectivity index (χ4n) is 1.02. The van der Waals surface area contributed by atoms with E-state index in [0.29, 0.717) is 20.3 Å². The number of halogens is 3. The average Bonchev–Trinajstić information content (AvgIpc) is 2.63. The molecule has 1 aromatic heterocycles. The fourth-order valence-corrected chi connectivity index (χ4v) is 2.09. The Balaban J connectivity index is 2.08. The highest BCUT2D eigenvalue weighted by Crippen LogP contribution is 2.27. The summed E-state index contributed by atoms with van der Waals surface area (Å²) in [6.07, 6.45) is 0. The Morgan fingerprint density at radius 1 is 1.50 bits per heavy atom. The zero-order chi connectivity index (χ0) is 11.5. The second kappa shape index (κ2) is 5.07. The van der Waals surface area contributed by atoms with Crippen molar-refractivity contribution in [2.75, 3.05) is 0 Å². The highest BCUT2D eigenvalue weighted by atomic mass is 79.9. The first-order chi connectivity index (χ1) is 7.66. The van der Waals surface area contributed by atoms with Gasteiger partial charge in [-0.05, 0) is 34.1 Å². The molecule has 0 N–H and O–H groups in total. The van der Waals surface area contributed by atoms with Crippen LogP contribution in [0.2, 0.25) is 4.34 Å². The minimum Gasteiger partial charge on any atom is -0.486 e. The smallest absolute Gasteiger partial charge is 0.141 e. The van der Waals surface area contributed by atoms with Gasteiger partial charge in [-0.1, -0.05) is 16.1 Å². The van der Waals surface area contributed by atoms with Gasteiger partial charge in [-0.25, -0.2) is 4.39 Å². The van der Waals surface area contributed by atoms with E-state index >= 15 is 0 Å². The molecule has 3 nitrogen and oxygen atoms in total. The quantitative estimate of drug-likeness (QED) is 0.864. The van der Waals surface area contributed by atoms with E-state index in [1.165, 1.54) is 18.2 Å². The number of hydrogen-bond acceptors (Lipinski definition) is 4. The Morgan fingerprint density at radius 2 is 2.31 bits per heavy atom. The van der Waals surface area contributed by atoms with Gasteiger partial charge in [-0.3, -0.25) is 0 Å². The Bertz CT molecular complexity index is 508. The second-order valence-electron chi connectivity index (χ2n) is 2.86. The summed E-state index contributed by atoms with van der Waals surface area (Å²) in [5.74, 6) is 0.207. The van der Waals surface area contributed by atoms with E-state index in [4.69, 9.17) is 16.3 Å². The molecule has 0 aliphatic carbocycles. The zero-order valence-corrected chi connectivity index (χ0v) is 10.9. The van der Waals surface area contributed by atoms with Gasteiger partial charge in [0.15, 0.2) is 0 Å². The van der Waals surface area contributed by atoms with Crippen molar-refractivity contribution in [3.63, 3.8) is 0 Å². The topological polar surface area (TPSA) is 35.0 Å². The van der Waals surface area contributed by atoms with E-state index in [9.17, 15) is 4.39 Å². The lowest BCUT2D eigenvalue weighted by Gasteiger charge is -2.06. The van der Waals surface area contributed by atoms with E-state index in [-0.39, 0.29) is 12.4 Å². The molecule has 0 fully saturated rings. The van der Waals surface area contributed by atoms with E-state index in [0.717, 1.165) is 11.5 Å². The van der Waals surface area contributed by atoms with Gasteiger partial charge in [0.1, 0.15) is 28.2 Å². The number of hydrogen-bond donors (Lipinski definition) is 0. The van der Waals surface area contributed by atoms with Crippen molar-refractivity contribution in [1.82, 2.24) is 9.59 Å². The van der Waals surface area contributed by atoms with Gasteiger partial charge < -0.3 is 4.74 Å². The van der Waals surface area contributed by atoms with Gasteiger partial charge >= 0.3 is 0 Å². The van der Waals surface area contributed by atoms with E-state index in [1.54, 1.807) is 0 Å². The normalized spacial score (nSPS) is 10.4. The van der Waals surface area contributed by atoms with Crippen molar-refractivity contribution in [2.45, 2.75) is 6.61 Å². The molecule has 2 aromatic rings. The van der Waals surface area contributed by atoms with Crippen LogP contribution >= 0.6 is 39.1 Å². The maximum atomic E-state index is 12.8. The Kier molecular flexibility index (Phi) is 3.73. The van der Waals surface area contributed by atoms with Crippen LogP contribution in [0.25, 0.3) is 0 Å². The molecule has 0 spiro atoms. The van der Waals surface area contributed by atoms with Crippen LogP contribution in [-0.2, 0) is 6.61 Å². The molecule has 0 amide bonds. The lowest BCUT2D eigenvalue weighted by Crippen LogP contribution is -1.97. The van der Waals surface area contributed by atoms with Gasteiger partial charge in [0, 0.05) is 11.5 Å². The van der Waals surface area contributed by atoms with Crippen LogP contribution in [-0.4, -0.2) is 9.59 Å². The van der Waals surface area contributed by atoms with E-state index in [1.807, 2.05) is 0 Å². The molecule has 1 aromatic carbocycles. The number of benzene rings is 1. The predicted octanol–water partition coefficient (Wildman–Crippen LogP) is 3.67. The number of rotatable bonds is 3. The first-order valence-electron chi connectivity index (χ1n) is 4.21. The molecule has 1 heterocycles. The van der Waals surface area contributed by atoms with Crippen molar-refractivity contribution >= 4 is 39.1 Å². The summed E-state index contributed by atoms with van der Waals surface area (Å²) >= 11 is 10.1. The van der Waals surface area contributed by atoms with Crippen molar-refractivity contribution in [3.05, 3.63) is 38.5 Å². The summed E-state index contributed by atoms with van der Waals surface area (Å²) in [4.78, 5) is 0. The van der Waals surface area contributed by atoms with Crippen LogP contribution in [0, 0.1) is 5.82 Å². The lowest BCUT2D eigenvalue weighted by molar-refractivity contribution is 0.299. The van der Waals surface area contributed by atoms with Gasteiger partial charge in [0.05, 0.1) is 4.47 Å². The van der Waals surface area contributed by atoms with Crippen molar-refractivity contribution in [2.24, 2.45) is 0 Å². The van der Waals surface area contributed by atoms with Gasteiger partial charge in [0.2, 0.25) is 0 Å². The van der Waals surface area contributed by atoms with Crippen LogP contribution in [0.3, 0.4) is 0 Å². The molecule has 0 aliphatic heterocycles. The summed E-state index contributed by atoms with van der Waals surface area (Å²) in [5.41, 5.74) is 0.572. The SMILES string of the molecule is Fc1ccc(OCc2nnsc2Cl)c(Br)c1. The molecule has 16 heavy (non-hydrogen) atoms. The van der Waals surface area contributed by atoms with Crippen molar-refractivity contribution in [3.8, 4) is 5.75 Å². The summed E-state index contributed by atoms with van der Waals surface area (Å²) < 4.78 is 22.9. The van der Waals surface area contributed by atoms with Crippen LogP contribution < -0.4 is 4.74 Å². The highest BCUT2D eigenvalue weighted by molar-refractivity contribution is 9.10. The molecule has 0 unspecified atom stereocenters. The third kappa shape index (κ3) is 2.69. The fraction of sp³-hybridized carbons (Fsp3) is 0.111. The lowest BCUT2D eigenvalue weighted by atomic mass is 10.3. The summed E-state index contributed by atoms with van der Waals surface area (Å²) in [7, 11) is 0. The van der Waals surface area contributed by atoms with E-state index < -0.39 is 0 Å². The van der Waals surface area contributed by atoms with Crippen molar-refractivity contribution < 1.29 is 9.13 Å². The Hall–Kier alpha value is -0.720. The molecule has 2 rings (SSSR count). The van der Waals surface area contributed by atoms with Gasteiger partial charge in [-0.15, -0.1) is 5.10 Å². The minimum absolute atomic E-state index is 0.208. The molecule has 7 heteroatoms. The van der Waals surface area contributed by atoms with Gasteiger partial charge in [-0.2, -0.15) is 0 Å². The second-order valence-corrected chi connectivity index (χ2v) is 5.07. The predicted molar refractivity (Wildman–Crippen MR) is 63.4 cm³/mol. The maximum absolute atomic E-state index is 12.8.